The van der Waals surface area contributed by atoms with Crippen molar-refractivity contribution in [3.63, 3.8) is 0 Å². The van der Waals surface area contributed by atoms with Gasteiger partial charge in [-0.3, -0.25) is 9.78 Å². The molecule has 1 fully saturated rings. The standard InChI is InChI=1S/C27H33N5O2/c1-27(2)10-7-21-24(14-18-4-3-11-29-17-18)31-32(25(21)16-27)20-5-6-22(26(28)33)23(15-20)30-19-8-12-34-13-9-19/h3-6,11,15,17,19,30H,7-10,12-14,16H2,1-2H3,(H2,28,33). The summed E-state index contributed by atoms with van der Waals surface area (Å²) in [6.45, 7) is 6.09. The van der Waals surface area contributed by atoms with Crippen LogP contribution in [0.5, 0.6) is 0 Å². The van der Waals surface area contributed by atoms with Crippen LogP contribution in [-0.4, -0.2) is 39.9 Å². The summed E-state index contributed by atoms with van der Waals surface area (Å²) in [6.07, 6.45) is 9.40. The van der Waals surface area contributed by atoms with Crippen LogP contribution in [0.2, 0.25) is 0 Å². The van der Waals surface area contributed by atoms with Crippen molar-refractivity contribution >= 4 is 11.6 Å². The van der Waals surface area contributed by atoms with E-state index in [0.717, 1.165) is 74.4 Å². The third-order valence-electron chi connectivity index (χ3n) is 7.06. The Morgan fingerprint density at radius 3 is 2.82 bits per heavy atom. The summed E-state index contributed by atoms with van der Waals surface area (Å²) < 4.78 is 7.58. The van der Waals surface area contributed by atoms with Crippen LogP contribution in [0.15, 0.2) is 42.7 Å². The van der Waals surface area contributed by atoms with E-state index in [0.29, 0.717) is 5.56 Å². The highest BCUT2D eigenvalue weighted by Crippen LogP contribution is 2.38. The molecule has 3 N–H and O–H groups in total. The van der Waals surface area contributed by atoms with Crippen LogP contribution >= 0.6 is 0 Å². The fourth-order valence-electron chi connectivity index (χ4n) is 5.12. The molecule has 34 heavy (non-hydrogen) atoms. The highest BCUT2D eigenvalue weighted by atomic mass is 16.5. The summed E-state index contributed by atoms with van der Waals surface area (Å²) in [5, 5.41) is 8.66. The summed E-state index contributed by atoms with van der Waals surface area (Å²) >= 11 is 0. The van der Waals surface area contributed by atoms with Crippen LogP contribution in [0.3, 0.4) is 0 Å². The number of benzene rings is 1. The Hall–Kier alpha value is -3.19. The van der Waals surface area contributed by atoms with Gasteiger partial charge in [0.2, 0.25) is 0 Å². The topological polar surface area (TPSA) is 95.1 Å². The van der Waals surface area contributed by atoms with Crippen molar-refractivity contribution in [3.8, 4) is 5.69 Å². The van der Waals surface area contributed by atoms with E-state index in [9.17, 15) is 4.79 Å². The molecule has 0 bridgehead atoms. The zero-order valence-corrected chi connectivity index (χ0v) is 20.0. The van der Waals surface area contributed by atoms with E-state index >= 15 is 0 Å². The van der Waals surface area contributed by atoms with Crippen LogP contribution < -0.4 is 11.1 Å². The Kier molecular flexibility index (Phi) is 6.13. The normalized spacial score (nSPS) is 17.8. The average Bonchev–Trinajstić information content (AvgIpc) is 3.16. The van der Waals surface area contributed by atoms with E-state index in [1.807, 2.05) is 30.5 Å². The summed E-state index contributed by atoms with van der Waals surface area (Å²) in [5.41, 5.74) is 13.0. The molecule has 7 heteroatoms. The molecule has 7 nitrogen and oxygen atoms in total. The Bertz CT molecular complexity index is 1180. The molecule has 1 aromatic carbocycles. The van der Waals surface area contributed by atoms with Gasteiger partial charge in [-0.1, -0.05) is 19.9 Å². The number of carbonyl (C=O) groups excluding carboxylic acids is 1. The molecule has 1 amide bonds. The Morgan fingerprint density at radius 1 is 1.26 bits per heavy atom. The molecule has 2 aromatic heterocycles. The molecule has 0 spiro atoms. The first-order valence-electron chi connectivity index (χ1n) is 12.2. The fraction of sp³-hybridized carbons (Fsp3) is 0.444. The van der Waals surface area contributed by atoms with Gasteiger partial charge in [0.05, 0.1) is 16.9 Å². The van der Waals surface area contributed by atoms with Crippen LogP contribution in [0.1, 0.15) is 66.0 Å². The Morgan fingerprint density at radius 2 is 2.09 bits per heavy atom. The number of nitrogens with two attached hydrogens (primary N) is 1. The molecule has 5 rings (SSSR count). The van der Waals surface area contributed by atoms with Crippen LogP contribution in [0.4, 0.5) is 5.69 Å². The molecule has 1 saturated heterocycles. The number of amides is 1. The van der Waals surface area contributed by atoms with Crippen molar-refractivity contribution in [3.05, 3.63) is 70.8 Å². The molecule has 3 heterocycles. The molecule has 1 aliphatic heterocycles. The van der Waals surface area contributed by atoms with Crippen molar-refractivity contribution in [2.24, 2.45) is 11.1 Å². The van der Waals surface area contributed by atoms with E-state index in [4.69, 9.17) is 15.6 Å². The number of ether oxygens (including phenoxy) is 1. The molecular formula is C27H33N5O2. The number of fused-ring (bicyclic) bond motifs is 1. The molecular weight excluding hydrogens is 426 g/mol. The number of nitrogens with zero attached hydrogens (tertiary/aromatic N) is 3. The van der Waals surface area contributed by atoms with Crippen molar-refractivity contribution < 1.29 is 9.53 Å². The molecule has 0 radical (unpaired) electrons. The van der Waals surface area contributed by atoms with Crippen molar-refractivity contribution in [1.29, 1.82) is 0 Å². The van der Waals surface area contributed by atoms with Gasteiger partial charge in [0.1, 0.15) is 0 Å². The lowest BCUT2D eigenvalue weighted by molar-refractivity contribution is 0.0904. The van der Waals surface area contributed by atoms with Crippen LogP contribution in [0.25, 0.3) is 5.69 Å². The maximum atomic E-state index is 12.2. The van der Waals surface area contributed by atoms with Crippen LogP contribution in [0, 0.1) is 5.41 Å². The molecule has 178 valence electrons. The van der Waals surface area contributed by atoms with Crippen molar-refractivity contribution in [2.45, 2.75) is 58.4 Å². The van der Waals surface area contributed by atoms with Crippen molar-refractivity contribution in [1.82, 2.24) is 14.8 Å². The highest BCUT2D eigenvalue weighted by molar-refractivity contribution is 5.99. The number of aromatic nitrogens is 3. The lowest BCUT2D eigenvalue weighted by Crippen LogP contribution is -2.29. The first kappa shape index (κ1) is 22.6. The number of anilines is 1. The predicted molar refractivity (Wildman–Crippen MR) is 132 cm³/mol. The minimum atomic E-state index is -0.429. The Balaban J connectivity index is 1.55. The van der Waals surface area contributed by atoms with Gasteiger partial charge >= 0.3 is 0 Å². The fourth-order valence-corrected chi connectivity index (χ4v) is 5.12. The lowest BCUT2D eigenvalue weighted by atomic mass is 9.76. The average molecular weight is 460 g/mol. The second-order valence-electron chi connectivity index (χ2n) is 10.3. The minimum absolute atomic E-state index is 0.215. The second kappa shape index (κ2) is 9.22. The number of nitrogens with one attached hydrogen (secondary N) is 1. The zero-order valence-electron chi connectivity index (χ0n) is 20.0. The number of primary amides is 1. The molecule has 1 aliphatic carbocycles. The number of pyridine rings is 1. The summed E-state index contributed by atoms with van der Waals surface area (Å²) in [4.78, 5) is 16.4. The third-order valence-corrected chi connectivity index (χ3v) is 7.06. The first-order chi connectivity index (χ1) is 16.4. The van der Waals surface area contributed by atoms with Gasteiger partial charge in [-0.15, -0.1) is 0 Å². The molecule has 0 unspecified atom stereocenters. The van der Waals surface area contributed by atoms with Crippen LogP contribution in [-0.2, 0) is 24.0 Å². The zero-order chi connectivity index (χ0) is 23.7. The predicted octanol–water partition coefficient (Wildman–Crippen LogP) is 4.06. The van der Waals surface area contributed by atoms with Gasteiger partial charge in [0.15, 0.2) is 0 Å². The van der Waals surface area contributed by atoms with E-state index in [1.165, 1.54) is 11.3 Å². The third kappa shape index (κ3) is 4.71. The van der Waals surface area contributed by atoms with Gasteiger partial charge in [0.25, 0.3) is 5.91 Å². The highest BCUT2D eigenvalue weighted by Gasteiger charge is 2.31. The molecule has 0 saturated carbocycles. The minimum Gasteiger partial charge on any atom is -0.381 e. The van der Waals surface area contributed by atoms with E-state index in [1.54, 1.807) is 6.20 Å². The quantitative estimate of drug-likeness (QED) is 0.580. The smallest absolute Gasteiger partial charge is 0.250 e. The number of hydrogen-bond acceptors (Lipinski definition) is 5. The molecule has 3 aromatic rings. The van der Waals surface area contributed by atoms with E-state index < -0.39 is 5.91 Å². The number of carbonyl (C=O) groups is 1. The van der Waals surface area contributed by atoms with Gasteiger partial charge in [-0.05, 0) is 72.9 Å². The van der Waals surface area contributed by atoms with Gasteiger partial charge in [-0.2, -0.15) is 5.10 Å². The monoisotopic (exact) mass is 459 g/mol. The van der Waals surface area contributed by atoms with E-state index in [2.05, 4.69) is 34.9 Å². The maximum absolute atomic E-state index is 12.2. The lowest BCUT2D eigenvalue weighted by Gasteiger charge is -2.30. The largest absolute Gasteiger partial charge is 0.381 e. The summed E-state index contributed by atoms with van der Waals surface area (Å²) in [6, 6.07) is 10.1. The molecule has 0 atom stereocenters. The van der Waals surface area contributed by atoms with Gasteiger partial charge in [0, 0.05) is 49.5 Å². The summed E-state index contributed by atoms with van der Waals surface area (Å²) in [7, 11) is 0. The summed E-state index contributed by atoms with van der Waals surface area (Å²) in [5.74, 6) is -0.429. The SMILES string of the molecule is CC1(C)CCc2c(Cc3cccnc3)nn(-c3ccc(C(N)=O)c(NC4CCOCC4)c3)c2C1. The first-order valence-corrected chi connectivity index (χ1v) is 12.2. The second-order valence-corrected chi connectivity index (χ2v) is 10.3. The maximum Gasteiger partial charge on any atom is 0.250 e. The number of rotatable bonds is 6. The van der Waals surface area contributed by atoms with Gasteiger partial charge in [-0.25, -0.2) is 4.68 Å². The number of hydrogen-bond donors (Lipinski definition) is 2. The molecule has 2 aliphatic rings. The van der Waals surface area contributed by atoms with Crippen molar-refractivity contribution in [2.75, 3.05) is 18.5 Å². The van der Waals surface area contributed by atoms with E-state index in [-0.39, 0.29) is 11.5 Å². The van der Waals surface area contributed by atoms with Gasteiger partial charge < -0.3 is 15.8 Å². The Labute approximate surface area is 200 Å².